The van der Waals surface area contributed by atoms with Gasteiger partial charge in [0, 0.05) is 34.1 Å². The molecule has 0 heterocycles. The first-order chi connectivity index (χ1) is 34.8. The minimum Gasteiger partial charge on any atom is -0.315 e. The van der Waals surface area contributed by atoms with E-state index in [1.807, 2.05) is 12.1 Å². The maximum absolute atomic E-state index is 4.58. The third-order valence-electron chi connectivity index (χ3n) is 12.8. The molecule has 7 aromatic rings. The number of allylic oxidation sites excluding steroid dienone is 19. The molecule has 0 saturated carbocycles. The molecule has 1 aliphatic rings. The van der Waals surface area contributed by atoms with Crippen LogP contribution in [0.2, 0.25) is 0 Å². The summed E-state index contributed by atoms with van der Waals surface area (Å²) in [5, 5.41) is 0. The van der Waals surface area contributed by atoms with Crippen molar-refractivity contribution >= 4 is 33.9 Å². The van der Waals surface area contributed by atoms with Crippen molar-refractivity contribution in [2.75, 3.05) is 9.80 Å². The largest absolute Gasteiger partial charge is 0.315 e. The van der Waals surface area contributed by atoms with Gasteiger partial charge in [-0.05, 0) is 162 Å². The molecular formula is C69H62N2. The molecule has 0 amide bonds. The summed E-state index contributed by atoms with van der Waals surface area (Å²) in [5.41, 5.74) is 20.4. The zero-order chi connectivity index (χ0) is 49.4. The van der Waals surface area contributed by atoms with E-state index < -0.39 is 0 Å². The van der Waals surface area contributed by atoms with Gasteiger partial charge in [-0.2, -0.15) is 0 Å². The monoisotopic (exact) mass is 918 g/mol. The number of para-hydroxylation sites is 2. The molecule has 71 heavy (non-hydrogen) atoms. The Morgan fingerprint density at radius 1 is 0.437 bits per heavy atom. The van der Waals surface area contributed by atoms with Crippen LogP contribution in [0.1, 0.15) is 45.2 Å². The van der Waals surface area contributed by atoms with E-state index in [1.54, 1.807) is 0 Å². The van der Waals surface area contributed by atoms with Gasteiger partial charge in [0.25, 0.3) is 0 Å². The van der Waals surface area contributed by atoms with E-state index in [9.17, 15) is 0 Å². The number of hydrogen-bond acceptors (Lipinski definition) is 2. The Kier molecular flexibility index (Phi) is 16.5. The minimum absolute atomic E-state index is 0.861. The lowest BCUT2D eigenvalue weighted by atomic mass is 10.00. The fourth-order valence-corrected chi connectivity index (χ4v) is 8.77. The lowest BCUT2D eigenvalue weighted by Gasteiger charge is -2.26. The highest BCUT2D eigenvalue weighted by Gasteiger charge is 2.14. The van der Waals surface area contributed by atoms with Gasteiger partial charge in [0.15, 0.2) is 0 Å². The van der Waals surface area contributed by atoms with Crippen molar-refractivity contribution in [2.24, 2.45) is 0 Å². The van der Waals surface area contributed by atoms with Crippen LogP contribution in [0.15, 0.2) is 314 Å². The molecule has 0 fully saturated rings. The summed E-state index contributed by atoms with van der Waals surface area (Å²) in [4.78, 5) is 4.50. The number of benzene rings is 7. The first kappa shape index (κ1) is 48.7. The molecule has 0 radical (unpaired) electrons. The molecule has 0 atom stereocenters. The topological polar surface area (TPSA) is 6.48 Å². The number of nitrogens with zero attached hydrogens (tertiary/aromatic N) is 2. The lowest BCUT2D eigenvalue weighted by molar-refractivity contribution is 1.15. The second-order valence-electron chi connectivity index (χ2n) is 17.6. The summed E-state index contributed by atoms with van der Waals surface area (Å²) in [6, 6.07) is 68.5. The van der Waals surface area contributed by atoms with Crippen molar-refractivity contribution in [3.8, 4) is 22.3 Å². The summed E-state index contributed by atoms with van der Waals surface area (Å²) < 4.78 is 0. The Morgan fingerprint density at radius 2 is 0.873 bits per heavy atom. The molecule has 0 saturated heterocycles. The van der Waals surface area contributed by atoms with Gasteiger partial charge in [0.1, 0.15) is 0 Å². The molecule has 348 valence electrons. The molecule has 2 heteroatoms. The first-order valence-electron chi connectivity index (χ1n) is 24.4. The molecular weight excluding hydrogens is 857 g/mol. The Bertz CT molecular complexity index is 3210. The van der Waals surface area contributed by atoms with Gasteiger partial charge in [-0.15, -0.1) is 0 Å². The maximum atomic E-state index is 4.58. The smallest absolute Gasteiger partial charge is 0.0461 e. The summed E-state index contributed by atoms with van der Waals surface area (Å²) in [6.45, 7) is 17.3. The van der Waals surface area contributed by atoms with Crippen LogP contribution in [-0.4, -0.2) is 0 Å². The van der Waals surface area contributed by atoms with Crippen LogP contribution >= 0.6 is 0 Å². The van der Waals surface area contributed by atoms with E-state index in [4.69, 9.17) is 0 Å². The highest BCUT2D eigenvalue weighted by Crippen LogP contribution is 2.35. The van der Waals surface area contributed by atoms with Gasteiger partial charge in [-0.1, -0.05) is 220 Å². The first-order valence-corrected chi connectivity index (χ1v) is 24.4. The van der Waals surface area contributed by atoms with Gasteiger partial charge >= 0.3 is 0 Å². The minimum atomic E-state index is 0.861. The van der Waals surface area contributed by atoms with Crippen molar-refractivity contribution in [3.63, 3.8) is 0 Å². The van der Waals surface area contributed by atoms with E-state index in [0.29, 0.717) is 0 Å². The zero-order valence-corrected chi connectivity index (χ0v) is 41.4. The Hall–Kier alpha value is -8.72. The highest BCUT2D eigenvalue weighted by molar-refractivity contribution is 5.82. The summed E-state index contributed by atoms with van der Waals surface area (Å²) in [7, 11) is 0. The average Bonchev–Trinajstić information content (AvgIpc) is 3.69. The molecule has 0 spiro atoms. The van der Waals surface area contributed by atoms with E-state index in [2.05, 4.69) is 306 Å². The fourth-order valence-electron chi connectivity index (χ4n) is 8.77. The summed E-state index contributed by atoms with van der Waals surface area (Å²) in [5.74, 6) is 0. The second-order valence-corrected chi connectivity index (χ2v) is 17.6. The normalized spacial score (nSPS) is 13.6. The van der Waals surface area contributed by atoms with Gasteiger partial charge in [-0.3, -0.25) is 0 Å². The zero-order valence-electron chi connectivity index (χ0n) is 41.4. The molecule has 2 nitrogen and oxygen atoms in total. The SMILES string of the molecule is C=CC(=C\C=C(/C)N(c1ccccc1)c1ccc(-c2ccc(-c3ccccc3)cc2)cc1)/C(C)=C/C=C(C)/C(/C=C\C(=C)N(c1ccccc1)c1ccc(C2=CC=C(c3ccccc3)CC=C2)cc1)=C/C. The third kappa shape index (κ3) is 12.5. The van der Waals surface area contributed by atoms with Gasteiger partial charge in [-0.25, -0.2) is 0 Å². The molecule has 0 aromatic heterocycles. The van der Waals surface area contributed by atoms with Gasteiger partial charge in [0.2, 0.25) is 0 Å². The predicted molar refractivity (Wildman–Crippen MR) is 309 cm³/mol. The van der Waals surface area contributed by atoms with Crippen LogP contribution in [0.25, 0.3) is 33.4 Å². The Morgan fingerprint density at radius 3 is 1.41 bits per heavy atom. The third-order valence-corrected chi connectivity index (χ3v) is 12.8. The van der Waals surface area contributed by atoms with Crippen molar-refractivity contribution < 1.29 is 0 Å². The quantitative estimate of drug-likeness (QED) is 0.0840. The molecule has 7 aromatic carbocycles. The molecule has 0 bridgehead atoms. The van der Waals surface area contributed by atoms with Crippen LogP contribution in [0, 0.1) is 0 Å². The fraction of sp³-hybridized carbons (Fsp3) is 0.0725. The Labute approximate surface area is 423 Å². The highest BCUT2D eigenvalue weighted by atomic mass is 15.1. The van der Waals surface area contributed by atoms with Crippen LogP contribution in [-0.2, 0) is 0 Å². The van der Waals surface area contributed by atoms with Gasteiger partial charge in [0.05, 0.1) is 0 Å². The van der Waals surface area contributed by atoms with E-state index in [0.717, 1.165) is 62.9 Å². The number of rotatable bonds is 17. The predicted octanol–water partition coefficient (Wildman–Crippen LogP) is 19.3. The van der Waals surface area contributed by atoms with Crippen molar-refractivity contribution in [3.05, 3.63) is 325 Å². The van der Waals surface area contributed by atoms with Crippen molar-refractivity contribution in [1.82, 2.24) is 0 Å². The molecule has 8 rings (SSSR count). The van der Waals surface area contributed by atoms with E-state index in [-0.39, 0.29) is 0 Å². The van der Waals surface area contributed by atoms with E-state index >= 15 is 0 Å². The number of anilines is 4. The maximum Gasteiger partial charge on any atom is 0.0461 e. The summed E-state index contributed by atoms with van der Waals surface area (Å²) in [6.07, 6.45) is 26.9. The van der Waals surface area contributed by atoms with E-state index in [1.165, 1.54) is 44.5 Å². The molecule has 0 unspecified atom stereocenters. The van der Waals surface area contributed by atoms with Crippen molar-refractivity contribution in [2.45, 2.75) is 34.1 Å². The van der Waals surface area contributed by atoms with Crippen LogP contribution in [0.4, 0.5) is 22.7 Å². The summed E-state index contributed by atoms with van der Waals surface area (Å²) >= 11 is 0. The van der Waals surface area contributed by atoms with Crippen LogP contribution < -0.4 is 9.80 Å². The molecule has 0 N–H and O–H groups in total. The molecule has 1 aliphatic carbocycles. The van der Waals surface area contributed by atoms with Crippen molar-refractivity contribution in [1.29, 1.82) is 0 Å². The van der Waals surface area contributed by atoms with Gasteiger partial charge < -0.3 is 9.80 Å². The average molecular weight is 919 g/mol. The van der Waals surface area contributed by atoms with Crippen LogP contribution in [0.5, 0.6) is 0 Å². The molecule has 0 aliphatic heterocycles. The lowest BCUT2D eigenvalue weighted by Crippen LogP contribution is -2.14. The standard InChI is InChI=1S/C69H62N2/c1-7-56(36-34-54(5)70(66-28-17-11-18-29-66)68-48-44-64(45-49-68)61-27-21-26-60(38-39-61)58-22-13-9-14-23-58)52(3)32-33-53(4)57(8-2)37-35-55(6)71(67-30-19-12-20-31-67)69-50-46-65(47-51-69)63-42-40-62(41-43-63)59-24-15-10-16-25-59/h7-25,27-51H,2,5,26H2,1,3-4,6H3/b36-34-,52-32+,53-33+,55-35+,56-7+,57-37+. The van der Waals surface area contributed by atoms with Crippen LogP contribution in [0.3, 0.4) is 0 Å². The second kappa shape index (κ2) is 24.0. The Balaban J connectivity index is 0.970. The number of hydrogen-bond donors (Lipinski definition) is 0.